The molecule has 0 aliphatic carbocycles. The van der Waals surface area contributed by atoms with E-state index in [4.69, 9.17) is 5.11 Å². The second-order valence-corrected chi connectivity index (χ2v) is 2.65. The van der Waals surface area contributed by atoms with Crippen molar-refractivity contribution in [2.75, 3.05) is 0 Å². The quantitative estimate of drug-likeness (QED) is 0.712. The van der Waals surface area contributed by atoms with Gasteiger partial charge in [0.05, 0.1) is 0 Å². The van der Waals surface area contributed by atoms with Gasteiger partial charge in [-0.05, 0) is 13.8 Å². The molecule has 0 aliphatic rings. The molecule has 0 amide bonds. The molecule has 17 heavy (non-hydrogen) atoms. The van der Waals surface area contributed by atoms with Crippen molar-refractivity contribution in [3.63, 3.8) is 0 Å². The number of halogens is 2. The minimum atomic E-state index is -3.23. The SMILES string of the molecule is C=C/C(=C\C=C/C)C(F)(F)C(C)O.CC.CC. The molecule has 0 bridgehead atoms. The zero-order valence-corrected chi connectivity index (χ0v) is 11.8. The maximum absolute atomic E-state index is 13.1. The van der Waals surface area contributed by atoms with Crippen LogP contribution in [0.4, 0.5) is 8.78 Å². The average Bonchev–Trinajstić information content (AvgIpc) is 2.34. The summed E-state index contributed by atoms with van der Waals surface area (Å²) in [5, 5.41) is 8.82. The van der Waals surface area contributed by atoms with Gasteiger partial charge in [-0.25, -0.2) is 0 Å². The molecule has 0 aromatic carbocycles. The Morgan fingerprint density at radius 2 is 1.65 bits per heavy atom. The van der Waals surface area contributed by atoms with Crippen LogP contribution in [0.25, 0.3) is 0 Å². The van der Waals surface area contributed by atoms with E-state index in [1.54, 1.807) is 13.0 Å². The van der Waals surface area contributed by atoms with E-state index in [1.807, 2.05) is 27.7 Å². The van der Waals surface area contributed by atoms with Crippen LogP contribution >= 0.6 is 0 Å². The minimum absolute atomic E-state index is 0.277. The lowest BCUT2D eigenvalue weighted by Gasteiger charge is -2.20. The third-order valence-corrected chi connectivity index (χ3v) is 1.60. The lowest BCUT2D eigenvalue weighted by atomic mass is 10.0. The minimum Gasteiger partial charge on any atom is -0.387 e. The molecule has 3 heteroatoms. The van der Waals surface area contributed by atoms with Gasteiger partial charge in [0.1, 0.15) is 6.10 Å². The highest BCUT2D eigenvalue weighted by Gasteiger charge is 2.37. The average molecular weight is 248 g/mol. The fraction of sp³-hybridized carbons (Fsp3) is 0.571. The molecule has 0 aliphatic heterocycles. The van der Waals surface area contributed by atoms with Crippen molar-refractivity contribution in [1.82, 2.24) is 0 Å². The molecule has 1 N–H and O–H groups in total. The van der Waals surface area contributed by atoms with E-state index in [9.17, 15) is 8.78 Å². The highest BCUT2D eigenvalue weighted by Crippen LogP contribution is 2.28. The predicted molar refractivity (Wildman–Crippen MR) is 72.4 cm³/mol. The number of aliphatic hydroxyl groups excluding tert-OH is 1. The number of allylic oxidation sites excluding steroid dienone is 4. The number of hydrogen-bond donors (Lipinski definition) is 1. The second-order valence-electron chi connectivity index (χ2n) is 2.65. The smallest absolute Gasteiger partial charge is 0.298 e. The van der Waals surface area contributed by atoms with Gasteiger partial charge in [0.2, 0.25) is 0 Å². The van der Waals surface area contributed by atoms with E-state index < -0.39 is 12.0 Å². The largest absolute Gasteiger partial charge is 0.387 e. The molecule has 0 saturated carbocycles. The summed E-state index contributed by atoms with van der Waals surface area (Å²) in [7, 11) is 0. The predicted octanol–water partition coefficient (Wildman–Crippen LogP) is 4.74. The van der Waals surface area contributed by atoms with Crippen molar-refractivity contribution in [3.05, 3.63) is 36.5 Å². The van der Waals surface area contributed by atoms with Crippen molar-refractivity contribution in [2.45, 2.75) is 53.6 Å². The molecule has 0 spiro atoms. The summed E-state index contributed by atoms with van der Waals surface area (Å²) in [6.07, 6.45) is 3.68. The van der Waals surface area contributed by atoms with Crippen LogP contribution < -0.4 is 0 Å². The van der Waals surface area contributed by atoms with Gasteiger partial charge in [0, 0.05) is 5.57 Å². The van der Waals surface area contributed by atoms with Gasteiger partial charge in [-0.1, -0.05) is 58.6 Å². The monoisotopic (exact) mass is 248 g/mol. The normalized spacial score (nSPS) is 13.1. The summed E-state index contributed by atoms with van der Waals surface area (Å²) < 4.78 is 26.2. The van der Waals surface area contributed by atoms with Crippen LogP contribution in [0, 0.1) is 0 Å². The van der Waals surface area contributed by atoms with Gasteiger partial charge in [-0.15, -0.1) is 0 Å². The van der Waals surface area contributed by atoms with Gasteiger partial charge in [-0.2, -0.15) is 8.78 Å². The molecule has 0 aromatic rings. The first-order valence-electron chi connectivity index (χ1n) is 5.98. The highest BCUT2D eigenvalue weighted by atomic mass is 19.3. The van der Waals surface area contributed by atoms with E-state index in [2.05, 4.69) is 6.58 Å². The first-order valence-corrected chi connectivity index (χ1v) is 5.98. The number of alkyl halides is 2. The lowest BCUT2D eigenvalue weighted by Crippen LogP contribution is -2.32. The van der Waals surface area contributed by atoms with Crippen LogP contribution in [0.3, 0.4) is 0 Å². The van der Waals surface area contributed by atoms with E-state index in [1.165, 1.54) is 12.2 Å². The fourth-order valence-electron chi connectivity index (χ4n) is 0.756. The molecule has 1 nitrogen and oxygen atoms in total. The second kappa shape index (κ2) is 13.1. The van der Waals surface area contributed by atoms with Crippen molar-refractivity contribution in [2.24, 2.45) is 0 Å². The molecule has 1 atom stereocenters. The summed E-state index contributed by atoms with van der Waals surface area (Å²) >= 11 is 0. The Labute approximate surface area is 105 Å². The van der Waals surface area contributed by atoms with E-state index >= 15 is 0 Å². The van der Waals surface area contributed by atoms with Crippen molar-refractivity contribution < 1.29 is 13.9 Å². The van der Waals surface area contributed by atoms with Crippen LogP contribution in [0.15, 0.2) is 36.5 Å². The molecule has 1 unspecified atom stereocenters. The Kier molecular flexibility index (Phi) is 16.5. The lowest BCUT2D eigenvalue weighted by molar-refractivity contribution is -0.0661. The van der Waals surface area contributed by atoms with Crippen LogP contribution in [-0.2, 0) is 0 Å². The first-order chi connectivity index (χ1) is 7.96. The zero-order chi connectivity index (χ0) is 14.5. The van der Waals surface area contributed by atoms with Crippen molar-refractivity contribution in [3.8, 4) is 0 Å². The molecule has 0 aromatic heterocycles. The van der Waals surface area contributed by atoms with Crippen LogP contribution in [-0.4, -0.2) is 17.1 Å². The van der Waals surface area contributed by atoms with Gasteiger partial charge < -0.3 is 5.11 Å². The van der Waals surface area contributed by atoms with Gasteiger partial charge in [0.25, 0.3) is 5.92 Å². The first kappa shape index (κ1) is 21.3. The van der Waals surface area contributed by atoms with Gasteiger partial charge in [0.15, 0.2) is 0 Å². The molecular formula is C14H26F2O. The topological polar surface area (TPSA) is 20.2 Å². The van der Waals surface area contributed by atoms with E-state index in [0.717, 1.165) is 13.0 Å². The highest BCUT2D eigenvalue weighted by molar-refractivity contribution is 5.29. The van der Waals surface area contributed by atoms with E-state index in [-0.39, 0.29) is 5.57 Å². The molecular weight excluding hydrogens is 222 g/mol. The van der Waals surface area contributed by atoms with E-state index in [0.29, 0.717) is 0 Å². The standard InChI is InChI=1S/C10H14F2O.2C2H6/c1-4-6-7-9(5-2)10(11,12)8(3)13;2*1-2/h4-8,13H,2H2,1,3H3;2*1-2H3/b6-4-,9-7+;;. The summed E-state index contributed by atoms with van der Waals surface area (Å²) in [5.74, 6) is -3.23. The maximum atomic E-state index is 13.1. The summed E-state index contributed by atoms with van der Waals surface area (Å²) in [4.78, 5) is 0. The Hall–Kier alpha value is -0.960. The molecule has 0 heterocycles. The molecule has 0 saturated heterocycles. The van der Waals surface area contributed by atoms with Crippen molar-refractivity contribution >= 4 is 0 Å². The van der Waals surface area contributed by atoms with Crippen molar-refractivity contribution in [1.29, 1.82) is 0 Å². The molecule has 0 radical (unpaired) electrons. The third-order valence-electron chi connectivity index (χ3n) is 1.60. The molecule has 0 fully saturated rings. The number of aliphatic hydroxyl groups is 1. The van der Waals surface area contributed by atoms with Crippen LogP contribution in [0.2, 0.25) is 0 Å². The third kappa shape index (κ3) is 8.81. The summed E-state index contributed by atoms with van der Waals surface area (Å²) in [6.45, 7) is 14.0. The summed E-state index contributed by atoms with van der Waals surface area (Å²) in [5.41, 5.74) is -0.277. The zero-order valence-electron chi connectivity index (χ0n) is 11.8. The van der Waals surface area contributed by atoms with Crippen LogP contribution in [0.5, 0.6) is 0 Å². The number of hydrogen-bond acceptors (Lipinski definition) is 1. The molecule has 102 valence electrons. The van der Waals surface area contributed by atoms with Crippen LogP contribution in [0.1, 0.15) is 41.5 Å². The fourth-order valence-corrected chi connectivity index (χ4v) is 0.756. The Balaban J connectivity index is -0.000000439. The van der Waals surface area contributed by atoms with Gasteiger partial charge >= 0.3 is 0 Å². The Morgan fingerprint density at radius 1 is 1.24 bits per heavy atom. The summed E-state index contributed by atoms with van der Waals surface area (Å²) in [6, 6.07) is 0. The maximum Gasteiger partial charge on any atom is 0.298 e. The number of rotatable bonds is 4. The molecule has 0 rings (SSSR count). The van der Waals surface area contributed by atoms with Gasteiger partial charge in [-0.3, -0.25) is 0 Å². The Bertz CT molecular complexity index is 228. The Morgan fingerprint density at radius 3 is 1.88 bits per heavy atom.